The maximum Gasteiger partial charge on any atom is 0.408 e. The summed E-state index contributed by atoms with van der Waals surface area (Å²) in [5.41, 5.74) is 6.98. The van der Waals surface area contributed by atoms with Gasteiger partial charge in [-0.05, 0) is 57.4 Å². The number of alkyl carbamates (subject to hydrolysis) is 1. The Morgan fingerprint density at radius 1 is 0.977 bits per heavy atom. The predicted octanol–water partition coefficient (Wildman–Crippen LogP) is 5.61. The average Bonchev–Trinajstić information content (AvgIpc) is 2.93. The number of carbonyl (C=O) groups is 4. The molecule has 2 unspecified atom stereocenters. The Morgan fingerprint density at radius 3 is 2.23 bits per heavy atom. The quantitative estimate of drug-likeness (QED) is 0.183. The topological polar surface area (TPSA) is 131 Å². The molecule has 0 aliphatic heterocycles. The molecule has 0 radical (unpaired) electrons. The Bertz CT molecular complexity index is 1290. The first kappa shape index (κ1) is 34.9. The van der Waals surface area contributed by atoms with Crippen molar-refractivity contribution in [3.05, 3.63) is 65.2 Å². The summed E-state index contributed by atoms with van der Waals surface area (Å²) < 4.78 is 5.36. The molecule has 4 amide bonds. The molecule has 0 saturated carbocycles. The third kappa shape index (κ3) is 11.5. The fraction of sp³-hybridized carbons (Fsp3) is 0.471. The molecule has 9 heteroatoms. The van der Waals surface area contributed by atoms with Crippen molar-refractivity contribution in [2.75, 3.05) is 11.9 Å². The van der Waals surface area contributed by atoms with E-state index in [9.17, 15) is 19.2 Å². The van der Waals surface area contributed by atoms with Gasteiger partial charge in [0.1, 0.15) is 17.7 Å². The zero-order valence-corrected chi connectivity index (χ0v) is 26.1. The van der Waals surface area contributed by atoms with Gasteiger partial charge in [0.05, 0.1) is 6.42 Å². The lowest BCUT2D eigenvalue weighted by Crippen LogP contribution is -2.53. The van der Waals surface area contributed by atoms with Gasteiger partial charge in [-0.2, -0.15) is 0 Å². The number of unbranched alkanes of at least 4 members (excludes halogenated alkanes) is 5. The van der Waals surface area contributed by atoms with Crippen molar-refractivity contribution >= 4 is 29.5 Å². The predicted molar refractivity (Wildman–Crippen MR) is 169 cm³/mol. The normalized spacial score (nSPS) is 12.4. The third-order valence-electron chi connectivity index (χ3n) is 6.80. The van der Waals surface area contributed by atoms with Crippen LogP contribution in [-0.4, -0.2) is 46.9 Å². The molecule has 2 aromatic carbocycles. The van der Waals surface area contributed by atoms with Crippen LogP contribution in [-0.2, 0) is 19.1 Å². The number of aryl methyl sites for hydroxylation is 1. The minimum Gasteiger partial charge on any atom is -0.444 e. The molecule has 43 heavy (non-hydrogen) atoms. The number of ether oxygens (including phenoxy) is 1. The summed E-state index contributed by atoms with van der Waals surface area (Å²) in [6.07, 6.45) is 10.1. The van der Waals surface area contributed by atoms with Gasteiger partial charge in [0.25, 0.3) is 5.91 Å². The summed E-state index contributed by atoms with van der Waals surface area (Å²) in [5.74, 6) is 0.712. The van der Waals surface area contributed by atoms with Gasteiger partial charge in [-0.25, -0.2) is 4.79 Å². The lowest BCUT2D eigenvalue weighted by molar-refractivity contribution is -0.142. The number of hydrogen-bond donors (Lipinski definition) is 3. The summed E-state index contributed by atoms with van der Waals surface area (Å²) in [6, 6.07) is 11.7. The molecule has 2 atom stereocenters. The van der Waals surface area contributed by atoms with Crippen molar-refractivity contribution in [2.24, 2.45) is 5.73 Å². The summed E-state index contributed by atoms with van der Waals surface area (Å²) >= 11 is 0. The highest BCUT2D eigenvalue weighted by Gasteiger charge is 2.37. The molecule has 4 N–H and O–H groups in total. The highest BCUT2D eigenvalue weighted by molar-refractivity contribution is 6.00. The van der Waals surface area contributed by atoms with Crippen molar-refractivity contribution < 1.29 is 23.9 Å². The van der Waals surface area contributed by atoms with Crippen LogP contribution in [0.5, 0.6) is 0 Å². The molecule has 0 saturated heterocycles. The fourth-order valence-corrected chi connectivity index (χ4v) is 4.71. The van der Waals surface area contributed by atoms with Crippen molar-refractivity contribution in [3.8, 4) is 12.3 Å². The van der Waals surface area contributed by atoms with Crippen molar-refractivity contribution in [2.45, 2.75) is 97.2 Å². The summed E-state index contributed by atoms with van der Waals surface area (Å²) in [7, 11) is 0. The van der Waals surface area contributed by atoms with Gasteiger partial charge < -0.3 is 26.0 Å². The highest BCUT2D eigenvalue weighted by atomic mass is 16.6. The average molecular weight is 591 g/mol. The first-order valence-electron chi connectivity index (χ1n) is 14.9. The number of primary amides is 1. The molecule has 2 aromatic rings. The summed E-state index contributed by atoms with van der Waals surface area (Å²) in [5, 5.41) is 5.47. The number of hydrogen-bond acceptors (Lipinski definition) is 5. The summed E-state index contributed by atoms with van der Waals surface area (Å²) in [4.78, 5) is 54.6. The molecule has 0 heterocycles. The molecule has 0 fully saturated rings. The third-order valence-corrected chi connectivity index (χ3v) is 6.80. The van der Waals surface area contributed by atoms with E-state index in [2.05, 4.69) is 23.5 Å². The molecule has 2 rings (SSSR count). The lowest BCUT2D eigenvalue weighted by atomic mass is 9.96. The van der Waals surface area contributed by atoms with Gasteiger partial charge in [-0.1, -0.05) is 81.3 Å². The molecule has 0 aliphatic carbocycles. The minimum absolute atomic E-state index is 0.182. The van der Waals surface area contributed by atoms with Crippen molar-refractivity contribution in [3.63, 3.8) is 0 Å². The van der Waals surface area contributed by atoms with Crippen LogP contribution in [0, 0.1) is 19.3 Å². The molecule has 9 nitrogen and oxygen atoms in total. The van der Waals surface area contributed by atoms with E-state index in [-0.39, 0.29) is 6.54 Å². The van der Waals surface area contributed by atoms with Crippen LogP contribution in [0.4, 0.5) is 10.5 Å². The van der Waals surface area contributed by atoms with E-state index in [1.54, 1.807) is 57.2 Å². The number of para-hydroxylation sites is 1. The number of terminal acetylenes is 1. The van der Waals surface area contributed by atoms with Gasteiger partial charge in [0.2, 0.25) is 11.8 Å². The van der Waals surface area contributed by atoms with E-state index < -0.39 is 47.9 Å². The number of benzene rings is 2. The first-order valence-corrected chi connectivity index (χ1v) is 14.9. The Morgan fingerprint density at radius 2 is 1.60 bits per heavy atom. The van der Waals surface area contributed by atoms with E-state index in [0.29, 0.717) is 23.2 Å². The molecule has 0 aliphatic rings. The maximum atomic E-state index is 14.3. The maximum absolute atomic E-state index is 14.3. The Labute approximate surface area is 255 Å². The standard InChI is InChI=1S/C34H46N4O5/c1-7-9-10-11-12-17-22-38(32(41)28(23-29(35)39)37-33(42)43-34(4,5)6)30(26-20-15-14-19-25(26)8-2)31(40)36-27-21-16-13-18-24(27)3/h2,13-16,18-21,28,30H,7,9-12,17,22-23H2,1,3-6H3,(H2,35,39)(H,36,40)(H,37,42). The van der Waals surface area contributed by atoms with E-state index >= 15 is 0 Å². The Balaban J connectivity index is 2.59. The molecular formula is C34H46N4O5. The number of anilines is 1. The van der Waals surface area contributed by atoms with Crippen LogP contribution in [0.25, 0.3) is 0 Å². The number of nitrogens with zero attached hydrogens (tertiary/aromatic N) is 1. The number of carbonyl (C=O) groups excluding carboxylic acids is 4. The van der Waals surface area contributed by atoms with Gasteiger partial charge >= 0.3 is 6.09 Å². The molecule has 0 bridgehead atoms. The number of amides is 4. The highest BCUT2D eigenvalue weighted by Crippen LogP contribution is 2.29. The Hall–Kier alpha value is -4.32. The SMILES string of the molecule is C#Cc1ccccc1C(C(=O)Nc1ccccc1C)N(CCCCCCCC)C(=O)C(CC(N)=O)NC(=O)OC(C)(C)C. The second-order valence-electron chi connectivity index (χ2n) is 11.6. The van der Waals surface area contributed by atoms with E-state index in [1.165, 1.54) is 4.90 Å². The molecular weight excluding hydrogens is 544 g/mol. The van der Waals surface area contributed by atoms with Gasteiger partial charge in [0.15, 0.2) is 0 Å². The van der Waals surface area contributed by atoms with Crippen LogP contribution in [0.2, 0.25) is 0 Å². The Kier molecular flexibility index (Phi) is 13.8. The van der Waals surface area contributed by atoms with Gasteiger partial charge in [-0.3, -0.25) is 14.4 Å². The monoisotopic (exact) mass is 590 g/mol. The van der Waals surface area contributed by atoms with Crippen molar-refractivity contribution in [1.82, 2.24) is 10.2 Å². The second-order valence-corrected chi connectivity index (χ2v) is 11.6. The summed E-state index contributed by atoms with van der Waals surface area (Å²) in [6.45, 7) is 9.24. The molecule has 232 valence electrons. The van der Waals surface area contributed by atoms with Crippen LogP contribution in [0.3, 0.4) is 0 Å². The lowest BCUT2D eigenvalue weighted by Gasteiger charge is -2.35. The number of rotatable bonds is 15. The first-order chi connectivity index (χ1) is 20.4. The number of nitrogens with two attached hydrogens (primary N) is 1. The van der Waals surface area contributed by atoms with E-state index in [4.69, 9.17) is 16.9 Å². The van der Waals surface area contributed by atoms with E-state index in [0.717, 1.165) is 37.7 Å². The van der Waals surface area contributed by atoms with Crippen LogP contribution in [0.1, 0.15) is 95.4 Å². The minimum atomic E-state index is -1.36. The van der Waals surface area contributed by atoms with E-state index in [1.807, 2.05) is 19.1 Å². The number of nitrogens with one attached hydrogen (secondary N) is 2. The second kappa shape index (κ2) is 17.0. The van der Waals surface area contributed by atoms with Crippen LogP contribution in [0.15, 0.2) is 48.5 Å². The van der Waals surface area contributed by atoms with Crippen LogP contribution < -0.4 is 16.4 Å². The van der Waals surface area contributed by atoms with Gasteiger partial charge in [0, 0.05) is 17.8 Å². The smallest absolute Gasteiger partial charge is 0.408 e. The fourth-order valence-electron chi connectivity index (χ4n) is 4.71. The zero-order chi connectivity index (χ0) is 32.0. The largest absolute Gasteiger partial charge is 0.444 e. The van der Waals surface area contributed by atoms with Crippen molar-refractivity contribution in [1.29, 1.82) is 0 Å². The molecule has 0 aromatic heterocycles. The molecule has 0 spiro atoms. The van der Waals surface area contributed by atoms with Crippen LogP contribution >= 0.6 is 0 Å². The van der Waals surface area contributed by atoms with Gasteiger partial charge in [-0.15, -0.1) is 6.42 Å². The zero-order valence-electron chi connectivity index (χ0n) is 26.1.